The molecule has 2 heterocycles. The Kier molecular flexibility index (Phi) is 6.49. The molecular weight excluding hydrogens is 352 g/mol. The van der Waals surface area contributed by atoms with E-state index >= 15 is 0 Å². The second kappa shape index (κ2) is 9.04. The first kappa shape index (κ1) is 20.1. The molecule has 1 fully saturated rings. The van der Waals surface area contributed by atoms with Crippen LogP contribution in [0.2, 0.25) is 0 Å². The summed E-state index contributed by atoms with van der Waals surface area (Å²) in [7, 11) is 3.83. The minimum atomic E-state index is -0.0589. The fourth-order valence-corrected chi connectivity index (χ4v) is 3.43. The number of carbonyl (C=O) groups excluding carboxylic acids is 1. The van der Waals surface area contributed by atoms with Gasteiger partial charge in [-0.25, -0.2) is 9.97 Å². The molecule has 1 unspecified atom stereocenters. The molecule has 0 spiro atoms. The first-order valence-electron chi connectivity index (χ1n) is 9.95. The zero-order valence-electron chi connectivity index (χ0n) is 17.3. The maximum Gasteiger partial charge on any atom is 0.257 e. The van der Waals surface area contributed by atoms with Gasteiger partial charge in [-0.3, -0.25) is 4.79 Å². The lowest BCUT2D eigenvalue weighted by molar-refractivity contribution is -0.133. The van der Waals surface area contributed by atoms with Gasteiger partial charge in [-0.2, -0.15) is 0 Å². The molecule has 1 amide bonds. The van der Waals surface area contributed by atoms with Gasteiger partial charge in [-0.15, -0.1) is 0 Å². The molecular formula is C22H30N4O2. The van der Waals surface area contributed by atoms with E-state index < -0.39 is 0 Å². The summed E-state index contributed by atoms with van der Waals surface area (Å²) in [6.45, 7) is 5.72. The van der Waals surface area contributed by atoms with Crippen LogP contribution in [-0.4, -0.2) is 54.1 Å². The largest absolute Gasteiger partial charge is 0.470 e. The smallest absolute Gasteiger partial charge is 0.257 e. The Hall–Kier alpha value is -2.63. The van der Waals surface area contributed by atoms with E-state index in [-0.39, 0.29) is 12.0 Å². The number of hydrogen-bond donors (Lipinski definition) is 0. The van der Waals surface area contributed by atoms with Crippen molar-refractivity contribution in [2.75, 3.05) is 32.1 Å². The second-order valence-electron chi connectivity index (χ2n) is 7.87. The molecule has 0 aliphatic carbocycles. The van der Waals surface area contributed by atoms with Gasteiger partial charge in [-0.1, -0.05) is 38.1 Å². The molecule has 2 aromatic rings. The molecule has 150 valence electrons. The number of piperidine rings is 1. The van der Waals surface area contributed by atoms with Gasteiger partial charge in [-0.05, 0) is 29.9 Å². The average molecular weight is 383 g/mol. The number of aromatic nitrogens is 2. The Morgan fingerprint density at radius 3 is 2.61 bits per heavy atom. The van der Waals surface area contributed by atoms with Gasteiger partial charge in [0.15, 0.2) is 5.82 Å². The van der Waals surface area contributed by atoms with Crippen molar-refractivity contribution in [2.24, 2.45) is 0 Å². The zero-order valence-corrected chi connectivity index (χ0v) is 17.3. The lowest BCUT2D eigenvalue weighted by atomic mass is 10.0. The summed E-state index contributed by atoms with van der Waals surface area (Å²) in [5.41, 5.74) is 2.35. The Balaban J connectivity index is 1.60. The van der Waals surface area contributed by atoms with Crippen LogP contribution in [0, 0.1) is 0 Å². The summed E-state index contributed by atoms with van der Waals surface area (Å²) >= 11 is 0. The maximum absolute atomic E-state index is 12.8. The number of anilines is 1. The summed E-state index contributed by atoms with van der Waals surface area (Å²) in [5.74, 6) is 1.88. The van der Waals surface area contributed by atoms with Crippen molar-refractivity contribution in [3.05, 3.63) is 47.8 Å². The van der Waals surface area contributed by atoms with Crippen molar-refractivity contribution in [1.29, 1.82) is 0 Å². The van der Waals surface area contributed by atoms with Crippen molar-refractivity contribution in [2.45, 2.75) is 45.1 Å². The predicted molar refractivity (Wildman–Crippen MR) is 111 cm³/mol. The molecule has 0 bridgehead atoms. The van der Waals surface area contributed by atoms with E-state index in [9.17, 15) is 4.79 Å². The van der Waals surface area contributed by atoms with Gasteiger partial charge in [0.25, 0.3) is 5.88 Å². The third kappa shape index (κ3) is 5.00. The monoisotopic (exact) mass is 382 g/mol. The van der Waals surface area contributed by atoms with Crippen molar-refractivity contribution in [3.63, 3.8) is 0 Å². The highest BCUT2D eigenvalue weighted by molar-refractivity contribution is 5.79. The number of ether oxygens (including phenoxy) is 1. The summed E-state index contributed by atoms with van der Waals surface area (Å²) < 4.78 is 6.11. The SMILES string of the molecule is CC(C)c1ccc(CC(=O)N2CCCC(Oc3nccnc3N(C)C)C2)cc1. The van der Waals surface area contributed by atoms with Gasteiger partial charge < -0.3 is 14.5 Å². The molecule has 0 radical (unpaired) electrons. The van der Waals surface area contributed by atoms with Crippen LogP contribution in [0.1, 0.15) is 43.7 Å². The summed E-state index contributed by atoms with van der Waals surface area (Å²) in [6.07, 6.45) is 5.50. The Labute approximate surface area is 167 Å². The van der Waals surface area contributed by atoms with Crippen molar-refractivity contribution >= 4 is 11.7 Å². The number of benzene rings is 1. The van der Waals surface area contributed by atoms with Crippen LogP contribution >= 0.6 is 0 Å². The first-order chi connectivity index (χ1) is 13.4. The standard InChI is InChI=1S/C22H30N4O2/c1-16(2)18-9-7-17(8-10-18)14-20(27)26-13-5-6-19(15-26)28-22-21(25(3)4)23-11-12-24-22/h7-12,16,19H,5-6,13-15H2,1-4H3. The van der Waals surface area contributed by atoms with Crippen LogP contribution in [-0.2, 0) is 11.2 Å². The summed E-state index contributed by atoms with van der Waals surface area (Å²) in [6, 6.07) is 8.36. The van der Waals surface area contributed by atoms with Crippen molar-refractivity contribution in [3.8, 4) is 5.88 Å². The molecule has 1 aromatic carbocycles. The van der Waals surface area contributed by atoms with Gasteiger partial charge >= 0.3 is 0 Å². The van der Waals surface area contributed by atoms with Gasteiger partial charge in [0.2, 0.25) is 5.91 Å². The Morgan fingerprint density at radius 1 is 1.21 bits per heavy atom. The molecule has 0 saturated carbocycles. The minimum Gasteiger partial charge on any atom is -0.470 e. The van der Waals surface area contributed by atoms with E-state index in [0.29, 0.717) is 30.6 Å². The second-order valence-corrected chi connectivity index (χ2v) is 7.87. The average Bonchev–Trinajstić information content (AvgIpc) is 2.69. The topological polar surface area (TPSA) is 58.6 Å². The molecule has 1 aromatic heterocycles. The minimum absolute atomic E-state index is 0.0589. The molecule has 6 heteroatoms. The predicted octanol–water partition coefficient (Wildman–Crippen LogP) is 3.28. The fraction of sp³-hybridized carbons (Fsp3) is 0.500. The molecule has 0 N–H and O–H groups in total. The molecule has 1 saturated heterocycles. The number of hydrogen-bond acceptors (Lipinski definition) is 5. The van der Waals surface area contributed by atoms with Gasteiger partial charge in [0.05, 0.1) is 13.0 Å². The van der Waals surface area contributed by atoms with Crippen LogP contribution in [0.25, 0.3) is 0 Å². The van der Waals surface area contributed by atoms with Crippen LogP contribution in [0.5, 0.6) is 5.88 Å². The van der Waals surface area contributed by atoms with Crippen molar-refractivity contribution < 1.29 is 9.53 Å². The Morgan fingerprint density at radius 2 is 1.93 bits per heavy atom. The zero-order chi connectivity index (χ0) is 20.1. The van der Waals surface area contributed by atoms with E-state index in [1.165, 1.54) is 5.56 Å². The van der Waals surface area contributed by atoms with Gasteiger partial charge in [0.1, 0.15) is 6.10 Å². The third-order valence-corrected chi connectivity index (χ3v) is 5.08. The van der Waals surface area contributed by atoms with Crippen LogP contribution in [0.3, 0.4) is 0 Å². The number of nitrogens with zero attached hydrogens (tertiary/aromatic N) is 4. The quantitative estimate of drug-likeness (QED) is 0.767. The fourth-order valence-electron chi connectivity index (χ4n) is 3.43. The van der Waals surface area contributed by atoms with Crippen LogP contribution < -0.4 is 9.64 Å². The molecule has 1 aliphatic heterocycles. The van der Waals surface area contributed by atoms with E-state index in [1.54, 1.807) is 12.4 Å². The van der Waals surface area contributed by atoms with Crippen LogP contribution in [0.15, 0.2) is 36.7 Å². The Bertz CT molecular complexity index is 789. The summed E-state index contributed by atoms with van der Waals surface area (Å²) in [4.78, 5) is 25.2. The maximum atomic E-state index is 12.8. The highest BCUT2D eigenvalue weighted by atomic mass is 16.5. The molecule has 6 nitrogen and oxygen atoms in total. The first-order valence-corrected chi connectivity index (χ1v) is 9.95. The van der Waals surface area contributed by atoms with E-state index in [0.717, 1.165) is 24.9 Å². The molecule has 1 aliphatic rings. The lowest BCUT2D eigenvalue weighted by Crippen LogP contribution is -2.45. The lowest BCUT2D eigenvalue weighted by Gasteiger charge is -2.33. The summed E-state index contributed by atoms with van der Waals surface area (Å²) in [5, 5.41) is 0. The number of amides is 1. The molecule has 28 heavy (non-hydrogen) atoms. The van der Waals surface area contributed by atoms with Crippen molar-refractivity contribution in [1.82, 2.24) is 14.9 Å². The van der Waals surface area contributed by atoms with Crippen LogP contribution in [0.4, 0.5) is 5.82 Å². The molecule has 1 atom stereocenters. The van der Waals surface area contributed by atoms with E-state index in [1.807, 2.05) is 23.9 Å². The highest BCUT2D eigenvalue weighted by Gasteiger charge is 2.26. The normalized spacial score (nSPS) is 16.9. The highest BCUT2D eigenvalue weighted by Crippen LogP contribution is 2.24. The van der Waals surface area contributed by atoms with E-state index in [4.69, 9.17) is 4.74 Å². The number of carbonyl (C=O) groups is 1. The van der Waals surface area contributed by atoms with E-state index in [2.05, 4.69) is 48.1 Å². The number of rotatable bonds is 6. The molecule has 3 rings (SSSR count). The number of likely N-dealkylation sites (tertiary alicyclic amines) is 1. The van der Waals surface area contributed by atoms with Gasteiger partial charge in [0, 0.05) is 33.0 Å². The third-order valence-electron chi connectivity index (χ3n) is 5.08.